The van der Waals surface area contributed by atoms with Crippen molar-refractivity contribution in [2.24, 2.45) is 17.8 Å². The van der Waals surface area contributed by atoms with Crippen LogP contribution in [0.3, 0.4) is 0 Å². The first-order chi connectivity index (χ1) is 52.0. The normalized spacial score (nSPS) is 12.0. The molecule has 0 radical (unpaired) electrons. The van der Waals surface area contributed by atoms with Crippen molar-refractivity contribution in [3.63, 3.8) is 0 Å². The maximum absolute atomic E-state index is 13.3. The van der Waals surface area contributed by atoms with Crippen molar-refractivity contribution in [2.75, 3.05) is 21.3 Å². The van der Waals surface area contributed by atoms with E-state index in [1.54, 1.807) is 152 Å². The second-order valence-electron chi connectivity index (χ2n) is 25.9. The maximum Gasteiger partial charge on any atom is 0.228 e. The fourth-order valence-corrected chi connectivity index (χ4v) is 11.2. The highest BCUT2D eigenvalue weighted by atomic mass is 19.1. The third kappa shape index (κ3) is 22.0. The van der Waals surface area contributed by atoms with Crippen LogP contribution in [0.15, 0.2) is 219 Å². The van der Waals surface area contributed by atoms with Gasteiger partial charge in [-0.05, 0) is 225 Å². The van der Waals surface area contributed by atoms with Crippen molar-refractivity contribution in [3.05, 3.63) is 242 Å². The van der Waals surface area contributed by atoms with E-state index in [0.717, 1.165) is 24.0 Å². The second-order valence-corrected chi connectivity index (χ2v) is 25.9. The van der Waals surface area contributed by atoms with Crippen LogP contribution < -0.4 is 21.3 Å². The van der Waals surface area contributed by atoms with E-state index in [2.05, 4.69) is 56.2 Å². The minimum absolute atomic E-state index is 0.0641. The predicted molar refractivity (Wildman–Crippen MR) is 408 cm³/mol. The Kier molecular flexibility index (Phi) is 26.6. The number of hydrogen-bond donors (Lipinski definition) is 8. The Morgan fingerprint density at radius 1 is 0.380 bits per heavy atom. The molecule has 1 aliphatic carbocycles. The zero-order valence-corrected chi connectivity index (χ0v) is 59.7. The molecule has 1 fully saturated rings. The molecule has 8 N–H and O–H groups in total. The van der Waals surface area contributed by atoms with Crippen LogP contribution in [0.5, 0.6) is 23.0 Å². The van der Waals surface area contributed by atoms with E-state index >= 15 is 0 Å². The number of nitrogens with zero attached hydrogens (tertiary/aromatic N) is 8. The number of phenolic OH excluding ortho intramolecular Hbond substituents is 4. The second kappa shape index (κ2) is 37.0. The fourth-order valence-electron chi connectivity index (χ4n) is 11.2. The number of halogens is 4. The van der Waals surface area contributed by atoms with Gasteiger partial charge in [0.25, 0.3) is 0 Å². The number of hydrogen-bond acceptors (Lipinski definition) is 16. The maximum atomic E-state index is 13.3. The first kappa shape index (κ1) is 77.5. The molecule has 13 rings (SSSR count). The molecular weight excluding hydrogens is 1380 g/mol. The Morgan fingerprint density at radius 2 is 0.648 bits per heavy atom. The fraction of sp³-hybridized carbons (Fsp3) is 0.190. The van der Waals surface area contributed by atoms with Gasteiger partial charge in [0, 0.05) is 70.2 Å². The molecule has 0 aliphatic heterocycles. The summed E-state index contributed by atoms with van der Waals surface area (Å²) in [7, 11) is 0. The molecule has 24 heteroatoms. The Labute approximate surface area is 621 Å². The van der Waals surface area contributed by atoms with E-state index in [9.17, 15) is 57.2 Å². The number of benzene rings is 8. The van der Waals surface area contributed by atoms with Gasteiger partial charge in [-0.25, -0.2) is 57.4 Å². The SMILES string of the molecule is CC(=O)Nc1ncc(-c2ccc(F)cc2)nc1-c1ccc(O)cc1.CC(C)CC(=O)Nc1ncc(-c2ccc(F)cc2)nc1-c1ccc(O)cc1.CCC(C)C(=O)Nc1ncc(-c2ccc(F)cc2)nc1-c1ccc(O)cc1.O=C(CC1CCCCC1)Nc1ncc(-c2ccc(F)cc2)nc1-c1ccc(O)cc1. The Balaban J connectivity index is 0.000000154. The Morgan fingerprint density at radius 3 is 0.926 bits per heavy atom. The highest BCUT2D eigenvalue weighted by Crippen LogP contribution is 2.35. The molecule has 4 amide bonds. The van der Waals surface area contributed by atoms with Crippen molar-refractivity contribution >= 4 is 46.9 Å². The van der Waals surface area contributed by atoms with Crippen molar-refractivity contribution in [1.82, 2.24) is 39.9 Å². The van der Waals surface area contributed by atoms with Crippen molar-refractivity contribution in [2.45, 2.75) is 86.0 Å². The standard InChI is InChI=1S/C24H24FN3O2.2C21H20FN3O2.C18H14FN3O2/c25-19-10-6-17(7-11-19)21-15-26-24(23(27-21)18-8-12-20(29)13-9-18)28-22(30)14-16-4-2-1-3-5-16;1-13(2)11-19(27)25-21-20(15-5-9-17(26)10-6-15)24-18(12-23-21)14-3-7-16(22)8-4-14;1-3-13(2)21(27)25-20-19(15-6-10-17(26)11-7-15)24-18(12-23-20)14-4-8-16(22)9-5-14;1-11(23)21-18-17(13-4-8-15(24)9-5-13)22-16(10-20-18)12-2-6-14(19)7-3-12/h6-13,15-16,29H,1-5,14H2,(H,26,28,30);3-10,12-13,26H,11H2,1-2H3,(H,23,25,27);4-13,26H,3H2,1-2H3,(H,23,25,27);2-10,24H,1H3,(H,20,21,23). The van der Waals surface area contributed by atoms with Crippen molar-refractivity contribution < 1.29 is 57.2 Å². The number of aromatic hydroxyl groups is 4. The van der Waals surface area contributed by atoms with E-state index in [0.29, 0.717) is 127 Å². The minimum Gasteiger partial charge on any atom is -0.508 e. The number of nitrogens with one attached hydrogen (secondary N) is 4. The van der Waals surface area contributed by atoms with Crippen molar-refractivity contribution in [1.29, 1.82) is 0 Å². The monoisotopic (exact) mass is 1460 g/mol. The van der Waals surface area contributed by atoms with E-state index in [-0.39, 0.29) is 81.7 Å². The molecule has 0 spiro atoms. The Bertz CT molecular complexity index is 5040. The van der Waals surface area contributed by atoms with Crippen LogP contribution in [0.1, 0.15) is 86.0 Å². The summed E-state index contributed by atoms with van der Waals surface area (Å²) in [5.41, 5.74) is 9.83. The number of amides is 4. The zero-order valence-electron chi connectivity index (χ0n) is 59.7. The molecule has 1 atom stereocenters. The third-order valence-corrected chi connectivity index (χ3v) is 17.1. The average Bonchev–Trinajstić information content (AvgIpc) is 0.822. The highest BCUT2D eigenvalue weighted by molar-refractivity contribution is 5.96. The largest absolute Gasteiger partial charge is 0.508 e. The minimum atomic E-state index is -0.333. The molecule has 1 aliphatic rings. The lowest BCUT2D eigenvalue weighted by atomic mass is 9.87. The lowest BCUT2D eigenvalue weighted by Gasteiger charge is -2.21. The topological polar surface area (TPSA) is 300 Å². The van der Waals surface area contributed by atoms with Crippen LogP contribution in [0, 0.1) is 41.0 Å². The quantitative estimate of drug-likeness (QED) is 0.0370. The molecule has 0 bridgehead atoms. The van der Waals surface area contributed by atoms with Gasteiger partial charge in [0.2, 0.25) is 23.6 Å². The molecule has 4 heterocycles. The highest BCUT2D eigenvalue weighted by Gasteiger charge is 2.23. The summed E-state index contributed by atoms with van der Waals surface area (Å²) in [4.78, 5) is 84.5. The number of anilines is 4. The summed E-state index contributed by atoms with van der Waals surface area (Å²) >= 11 is 0. The number of aromatic nitrogens is 8. The smallest absolute Gasteiger partial charge is 0.228 e. The van der Waals surface area contributed by atoms with Gasteiger partial charge in [0.1, 0.15) is 69.0 Å². The third-order valence-electron chi connectivity index (χ3n) is 17.1. The molecule has 1 saturated carbocycles. The van der Waals surface area contributed by atoms with E-state index < -0.39 is 0 Å². The van der Waals surface area contributed by atoms with Crippen molar-refractivity contribution in [3.8, 4) is 113 Å². The number of carbonyl (C=O) groups excluding carboxylic acids is 4. The van der Waals surface area contributed by atoms with Crippen LogP contribution in [-0.4, -0.2) is 83.9 Å². The molecule has 0 saturated heterocycles. The molecular formula is C84H78F4N12O8. The summed E-state index contributed by atoms with van der Waals surface area (Å²) in [5.74, 6) is 0.473. The number of carbonyl (C=O) groups is 4. The van der Waals surface area contributed by atoms with Gasteiger partial charge in [0.15, 0.2) is 23.3 Å². The predicted octanol–water partition coefficient (Wildman–Crippen LogP) is 18.5. The molecule has 1 unspecified atom stereocenters. The molecule has 550 valence electrons. The number of rotatable bonds is 18. The summed E-state index contributed by atoms with van der Waals surface area (Å²) in [6, 6.07) is 49.8. The van der Waals surface area contributed by atoms with Gasteiger partial charge in [0.05, 0.1) is 47.6 Å². The first-order valence-electron chi connectivity index (χ1n) is 34.9. The van der Waals surface area contributed by atoms with Gasteiger partial charge in [-0.15, -0.1) is 0 Å². The average molecular weight is 1460 g/mol. The van der Waals surface area contributed by atoms with Crippen LogP contribution in [0.4, 0.5) is 40.8 Å². The summed E-state index contributed by atoms with van der Waals surface area (Å²) in [6.45, 7) is 9.09. The van der Waals surface area contributed by atoms with Crippen LogP contribution >= 0.6 is 0 Å². The van der Waals surface area contributed by atoms with Gasteiger partial charge in [-0.3, -0.25) is 19.2 Å². The lowest BCUT2D eigenvalue weighted by molar-refractivity contribution is -0.119. The van der Waals surface area contributed by atoms with Crippen LogP contribution in [0.2, 0.25) is 0 Å². The van der Waals surface area contributed by atoms with E-state index in [4.69, 9.17) is 4.98 Å². The van der Waals surface area contributed by atoms with E-state index in [1.807, 2.05) is 27.7 Å². The van der Waals surface area contributed by atoms with Crippen LogP contribution in [-0.2, 0) is 19.2 Å². The zero-order chi connectivity index (χ0) is 76.8. The van der Waals surface area contributed by atoms with Gasteiger partial charge in [-0.2, -0.15) is 0 Å². The van der Waals surface area contributed by atoms with Gasteiger partial charge < -0.3 is 41.7 Å². The van der Waals surface area contributed by atoms with Gasteiger partial charge in [-0.1, -0.05) is 47.0 Å². The summed E-state index contributed by atoms with van der Waals surface area (Å²) in [6.07, 6.45) is 13.5. The summed E-state index contributed by atoms with van der Waals surface area (Å²) in [5, 5.41) is 49.3. The Hall–Kier alpha value is -13.1. The number of phenols is 4. The van der Waals surface area contributed by atoms with E-state index in [1.165, 1.54) is 93.0 Å². The molecule has 4 aromatic heterocycles. The summed E-state index contributed by atoms with van der Waals surface area (Å²) < 4.78 is 52.7. The van der Waals surface area contributed by atoms with Crippen LogP contribution in [0.25, 0.3) is 90.1 Å². The van der Waals surface area contributed by atoms with Gasteiger partial charge >= 0.3 is 0 Å². The molecule has 12 aromatic rings. The molecule has 108 heavy (non-hydrogen) atoms. The first-order valence-corrected chi connectivity index (χ1v) is 34.9. The lowest BCUT2D eigenvalue weighted by Crippen LogP contribution is -2.21. The molecule has 8 aromatic carbocycles. The molecule has 20 nitrogen and oxygen atoms in total.